The molecule has 0 spiro atoms. The number of aromatic nitrogens is 2. The van der Waals surface area contributed by atoms with Crippen molar-refractivity contribution < 1.29 is 4.74 Å². The van der Waals surface area contributed by atoms with Gasteiger partial charge in [-0.2, -0.15) is 5.10 Å². The summed E-state index contributed by atoms with van der Waals surface area (Å²) in [5.74, 6) is 0.959. The molecule has 1 aromatic carbocycles. The molecule has 4 nitrogen and oxygen atoms in total. The van der Waals surface area contributed by atoms with Gasteiger partial charge in [-0.3, -0.25) is 4.68 Å². The molecule has 1 aromatic heterocycles. The van der Waals surface area contributed by atoms with Crippen LogP contribution in [0.15, 0.2) is 49.2 Å². The number of nitrogens with one attached hydrogen (secondary N) is 1. The van der Waals surface area contributed by atoms with Gasteiger partial charge in [0.15, 0.2) is 0 Å². The summed E-state index contributed by atoms with van der Waals surface area (Å²) >= 11 is 0. The van der Waals surface area contributed by atoms with E-state index < -0.39 is 0 Å². The molecule has 1 aliphatic rings. The largest absolute Gasteiger partial charge is 0.493 e. The van der Waals surface area contributed by atoms with E-state index in [1.807, 2.05) is 41.1 Å². The Morgan fingerprint density at radius 2 is 2.13 bits per heavy atom. The highest BCUT2D eigenvalue weighted by molar-refractivity contribution is 5.21. The standard InChI is InChI=1S/C19H25N3O/c1-3-11-22-13-17(16(2)21-22)12-20-14-19(9-10-19)15-23-18-7-5-4-6-8-18/h3-8,13,20H,1,9-12,14-15H2,2H3. The minimum Gasteiger partial charge on any atom is -0.493 e. The topological polar surface area (TPSA) is 39.1 Å². The third-order valence-electron chi connectivity index (χ3n) is 4.42. The van der Waals surface area contributed by atoms with Gasteiger partial charge in [0.1, 0.15) is 5.75 Å². The van der Waals surface area contributed by atoms with Crippen LogP contribution in [0.4, 0.5) is 0 Å². The van der Waals surface area contributed by atoms with E-state index in [0.29, 0.717) is 5.41 Å². The molecule has 1 heterocycles. The van der Waals surface area contributed by atoms with Crippen molar-refractivity contribution in [2.45, 2.75) is 32.9 Å². The number of para-hydroxylation sites is 1. The summed E-state index contributed by atoms with van der Waals surface area (Å²) in [4.78, 5) is 0. The average molecular weight is 311 g/mol. The first-order valence-electron chi connectivity index (χ1n) is 8.23. The molecule has 0 amide bonds. The van der Waals surface area contributed by atoms with Crippen molar-refractivity contribution in [3.05, 3.63) is 60.4 Å². The van der Waals surface area contributed by atoms with Gasteiger partial charge in [0.25, 0.3) is 0 Å². The van der Waals surface area contributed by atoms with Gasteiger partial charge in [0.2, 0.25) is 0 Å². The monoisotopic (exact) mass is 311 g/mol. The Morgan fingerprint density at radius 3 is 2.83 bits per heavy atom. The molecule has 0 radical (unpaired) electrons. The Morgan fingerprint density at radius 1 is 1.35 bits per heavy atom. The summed E-state index contributed by atoms with van der Waals surface area (Å²) in [7, 11) is 0. The number of rotatable bonds is 9. The molecule has 0 saturated heterocycles. The maximum absolute atomic E-state index is 5.93. The maximum atomic E-state index is 5.93. The van der Waals surface area contributed by atoms with Crippen LogP contribution in [0, 0.1) is 12.3 Å². The van der Waals surface area contributed by atoms with E-state index in [4.69, 9.17) is 4.74 Å². The molecule has 1 N–H and O–H groups in total. The van der Waals surface area contributed by atoms with Crippen molar-refractivity contribution in [1.29, 1.82) is 0 Å². The lowest BCUT2D eigenvalue weighted by atomic mass is 10.1. The SMILES string of the molecule is C=CCn1cc(CNCC2(COc3ccccc3)CC2)c(C)n1. The molecular formula is C19H25N3O. The zero-order valence-corrected chi connectivity index (χ0v) is 13.8. The molecule has 0 atom stereocenters. The first kappa shape index (κ1) is 15.8. The number of benzene rings is 1. The summed E-state index contributed by atoms with van der Waals surface area (Å²) < 4.78 is 7.86. The molecule has 23 heavy (non-hydrogen) atoms. The van der Waals surface area contributed by atoms with Crippen LogP contribution in [-0.2, 0) is 13.1 Å². The molecule has 0 bridgehead atoms. The average Bonchev–Trinajstić information content (AvgIpc) is 3.25. The predicted molar refractivity (Wildman–Crippen MR) is 92.5 cm³/mol. The number of nitrogens with zero attached hydrogens (tertiary/aromatic N) is 2. The fraction of sp³-hybridized carbons (Fsp3) is 0.421. The quantitative estimate of drug-likeness (QED) is 0.722. The second-order valence-electron chi connectivity index (χ2n) is 6.46. The highest BCUT2D eigenvalue weighted by atomic mass is 16.5. The second kappa shape index (κ2) is 7.01. The minimum atomic E-state index is 0.306. The van der Waals surface area contributed by atoms with Crippen LogP contribution in [0.2, 0.25) is 0 Å². The number of ether oxygens (including phenoxy) is 1. The molecule has 1 aliphatic carbocycles. The van der Waals surface area contributed by atoms with Gasteiger partial charge in [0.05, 0.1) is 18.8 Å². The van der Waals surface area contributed by atoms with Gasteiger partial charge in [-0.25, -0.2) is 0 Å². The van der Waals surface area contributed by atoms with Gasteiger partial charge in [-0.15, -0.1) is 6.58 Å². The van der Waals surface area contributed by atoms with Gasteiger partial charge in [-0.05, 0) is 31.9 Å². The van der Waals surface area contributed by atoms with Crippen molar-refractivity contribution in [2.24, 2.45) is 5.41 Å². The maximum Gasteiger partial charge on any atom is 0.119 e. The lowest BCUT2D eigenvalue weighted by molar-refractivity contribution is 0.229. The van der Waals surface area contributed by atoms with Crippen molar-refractivity contribution in [3.63, 3.8) is 0 Å². The highest BCUT2D eigenvalue weighted by Crippen LogP contribution is 2.45. The first-order chi connectivity index (χ1) is 11.2. The normalized spacial score (nSPS) is 15.3. The zero-order chi connectivity index (χ0) is 16.1. The van der Waals surface area contributed by atoms with E-state index in [1.54, 1.807) is 0 Å². The highest BCUT2D eigenvalue weighted by Gasteiger charge is 2.43. The molecule has 1 saturated carbocycles. The van der Waals surface area contributed by atoms with E-state index >= 15 is 0 Å². The lowest BCUT2D eigenvalue weighted by Crippen LogP contribution is -2.28. The number of hydrogen-bond donors (Lipinski definition) is 1. The van der Waals surface area contributed by atoms with E-state index in [1.165, 1.54) is 18.4 Å². The summed E-state index contributed by atoms with van der Waals surface area (Å²) in [6.07, 6.45) is 6.44. The van der Waals surface area contributed by atoms with Gasteiger partial charge >= 0.3 is 0 Å². The smallest absolute Gasteiger partial charge is 0.119 e. The summed E-state index contributed by atoms with van der Waals surface area (Å²) in [6.45, 7) is 9.21. The number of hydrogen-bond acceptors (Lipinski definition) is 3. The van der Waals surface area contributed by atoms with Crippen molar-refractivity contribution in [2.75, 3.05) is 13.2 Å². The molecule has 122 valence electrons. The zero-order valence-electron chi connectivity index (χ0n) is 13.8. The van der Waals surface area contributed by atoms with Gasteiger partial charge in [-0.1, -0.05) is 24.3 Å². The Bertz CT molecular complexity index is 644. The fourth-order valence-corrected chi connectivity index (χ4v) is 2.72. The Balaban J connectivity index is 1.45. The summed E-state index contributed by atoms with van der Waals surface area (Å²) in [5, 5.41) is 8.07. The fourth-order valence-electron chi connectivity index (χ4n) is 2.72. The number of aryl methyl sites for hydroxylation is 1. The molecule has 0 aliphatic heterocycles. The van der Waals surface area contributed by atoms with Crippen molar-refractivity contribution >= 4 is 0 Å². The second-order valence-corrected chi connectivity index (χ2v) is 6.46. The Labute approximate surface area is 138 Å². The predicted octanol–water partition coefficient (Wildman–Crippen LogP) is 3.33. The lowest BCUT2D eigenvalue weighted by Gasteiger charge is -2.17. The van der Waals surface area contributed by atoms with Crippen LogP contribution in [0.25, 0.3) is 0 Å². The van der Waals surface area contributed by atoms with Crippen molar-refractivity contribution in [3.8, 4) is 5.75 Å². The van der Waals surface area contributed by atoms with Crippen LogP contribution >= 0.6 is 0 Å². The van der Waals surface area contributed by atoms with Crippen LogP contribution in [0.5, 0.6) is 5.75 Å². The van der Waals surface area contributed by atoms with Crippen LogP contribution < -0.4 is 10.1 Å². The van der Waals surface area contributed by atoms with Crippen LogP contribution in [0.3, 0.4) is 0 Å². The molecule has 2 aromatic rings. The van der Waals surface area contributed by atoms with E-state index in [9.17, 15) is 0 Å². The molecule has 3 rings (SSSR count). The molecule has 4 heteroatoms. The van der Waals surface area contributed by atoms with Gasteiger partial charge < -0.3 is 10.1 Å². The summed E-state index contributed by atoms with van der Waals surface area (Å²) in [6, 6.07) is 10.1. The molecule has 1 fully saturated rings. The first-order valence-corrected chi connectivity index (χ1v) is 8.23. The van der Waals surface area contributed by atoms with E-state index in [-0.39, 0.29) is 0 Å². The third kappa shape index (κ3) is 4.23. The van der Waals surface area contributed by atoms with E-state index in [2.05, 4.69) is 30.1 Å². The number of allylic oxidation sites excluding steroid dienone is 1. The molecular weight excluding hydrogens is 286 g/mol. The van der Waals surface area contributed by atoms with E-state index in [0.717, 1.165) is 37.7 Å². The van der Waals surface area contributed by atoms with Crippen LogP contribution in [-0.4, -0.2) is 22.9 Å². The Hall–Kier alpha value is -2.07. The minimum absolute atomic E-state index is 0.306. The van der Waals surface area contributed by atoms with Crippen LogP contribution in [0.1, 0.15) is 24.1 Å². The molecule has 0 unspecified atom stereocenters. The Kier molecular flexibility index (Phi) is 4.82. The van der Waals surface area contributed by atoms with Crippen molar-refractivity contribution in [1.82, 2.24) is 15.1 Å². The van der Waals surface area contributed by atoms with Gasteiger partial charge in [0, 0.05) is 30.3 Å². The summed E-state index contributed by atoms with van der Waals surface area (Å²) in [5.41, 5.74) is 2.65. The third-order valence-corrected chi connectivity index (χ3v) is 4.42.